The van der Waals surface area contributed by atoms with Gasteiger partial charge in [0.05, 0.1) is 15.7 Å². The Labute approximate surface area is 129 Å². The van der Waals surface area contributed by atoms with Gasteiger partial charge in [0.25, 0.3) is 0 Å². The summed E-state index contributed by atoms with van der Waals surface area (Å²) in [5.74, 6) is 1.28. The molecule has 0 atom stereocenters. The van der Waals surface area contributed by atoms with Crippen molar-refractivity contribution in [2.75, 3.05) is 5.73 Å². The Morgan fingerprint density at radius 3 is 2.20 bits per heavy atom. The zero-order valence-electron chi connectivity index (χ0n) is 11.7. The molecular formula is C16H17Cl2NO. The van der Waals surface area contributed by atoms with Gasteiger partial charge in [0.2, 0.25) is 0 Å². The molecule has 0 aromatic heterocycles. The molecule has 0 bridgehead atoms. The van der Waals surface area contributed by atoms with Crippen LogP contribution >= 0.6 is 23.2 Å². The number of nitrogens with two attached hydrogens (primary N) is 1. The van der Waals surface area contributed by atoms with E-state index in [0.717, 1.165) is 11.3 Å². The molecule has 20 heavy (non-hydrogen) atoms. The molecule has 106 valence electrons. The van der Waals surface area contributed by atoms with E-state index in [1.807, 2.05) is 24.3 Å². The summed E-state index contributed by atoms with van der Waals surface area (Å²) in [5.41, 5.74) is 7.47. The van der Waals surface area contributed by atoms with E-state index in [2.05, 4.69) is 20.8 Å². The van der Waals surface area contributed by atoms with Crippen molar-refractivity contribution < 1.29 is 4.74 Å². The van der Waals surface area contributed by atoms with Gasteiger partial charge in [0.1, 0.15) is 5.75 Å². The molecule has 0 amide bonds. The average Bonchev–Trinajstić information content (AvgIpc) is 2.35. The van der Waals surface area contributed by atoms with E-state index in [1.165, 1.54) is 0 Å². The van der Waals surface area contributed by atoms with E-state index in [1.54, 1.807) is 12.1 Å². The van der Waals surface area contributed by atoms with Crippen LogP contribution in [-0.2, 0) is 5.41 Å². The van der Waals surface area contributed by atoms with E-state index < -0.39 is 0 Å². The smallest absolute Gasteiger partial charge is 0.151 e. The summed E-state index contributed by atoms with van der Waals surface area (Å²) in [6, 6.07) is 11.1. The second-order valence-electron chi connectivity index (χ2n) is 5.65. The highest BCUT2D eigenvalue weighted by atomic mass is 35.5. The summed E-state index contributed by atoms with van der Waals surface area (Å²) in [5, 5.41) is 0.838. The van der Waals surface area contributed by atoms with Crippen molar-refractivity contribution in [1.29, 1.82) is 0 Å². The summed E-state index contributed by atoms with van der Waals surface area (Å²) in [6.07, 6.45) is 0. The third-order valence-electron chi connectivity index (χ3n) is 2.97. The van der Waals surface area contributed by atoms with Crippen molar-refractivity contribution in [2.45, 2.75) is 26.2 Å². The van der Waals surface area contributed by atoms with Crippen LogP contribution in [0.1, 0.15) is 26.3 Å². The molecule has 0 unspecified atom stereocenters. The van der Waals surface area contributed by atoms with Crippen LogP contribution in [0.15, 0.2) is 36.4 Å². The first-order valence-corrected chi connectivity index (χ1v) is 7.06. The van der Waals surface area contributed by atoms with Gasteiger partial charge in [-0.25, -0.2) is 0 Å². The molecule has 2 N–H and O–H groups in total. The quantitative estimate of drug-likeness (QED) is 0.726. The number of ether oxygens (including phenoxy) is 1. The molecule has 2 aromatic rings. The fraction of sp³-hybridized carbons (Fsp3) is 0.250. The van der Waals surface area contributed by atoms with Gasteiger partial charge in [-0.05, 0) is 17.5 Å². The van der Waals surface area contributed by atoms with Crippen LogP contribution in [0.25, 0.3) is 0 Å². The number of hydrogen-bond donors (Lipinski definition) is 1. The Balaban J connectivity index is 2.43. The monoisotopic (exact) mass is 309 g/mol. The Morgan fingerprint density at radius 1 is 0.950 bits per heavy atom. The van der Waals surface area contributed by atoms with Gasteiger partial charge in [0.15, 0.2) is 5.75 Å². The van der Waals surface area contributed by atoms with Gasteiger partial charge >= 0.3 is 0 Å². The van der Waals surface area contributed by atoms with E-state index in [0.29, 0.717) is 21.5 Å². The molecule has 2 aromatic carbocycles. The maximum atomic E-state index is 6.01. The molecule has 0 aliphatic rings. The maximum absolute atomic E-state index is 6.01. The van der Waals surface area contributed by atoms with Crippen LogP contribution in [0, 0.1) is 0 Å². The van der Waals surface area contributed by atoms with Crippen LogP contribution in [0.3, 0.4) is 0 Å². The number of hydrogen-bond acceptors (Lipinski definition) is 2. The molecule has 4 heteroatoms. The highest BCUT2D eigenvalue weighted by Gasteiger charge is 2.19. The van der Waals surface area contributed by atoms with E-state index in [9.17, 15) is 0 Å². The standard InChI is InChI=1S/C16H17Cl2NO/c1-16(2,3)10-6-4-5-7-14(10)20-15-9-12(18)11(17)8-13(15)19/h4-9H,19H2,1-3H3. The lowest BCUT2D eigenvalue weighted by molar-refractivity contribution is 0.457. The van der Waals surface area contributed by atoms with Crippen molar-refractivity contribution >= 4 is 28.9 Å². The highest BCUT2D eigenvalue weighted by molar-refractivity contribution is 6.42. The second-order valence-corrected chi connectivity index (χ2v) is 6.47. The van der Waals surface area contributed by atoms with Crippen molar-refractivity contribution in [3.63, 3.8) is 0 Å². The molecule has 0 heterocycles. The van der Waals surface area contributed by atoms with Crippen LogP contribution < -0.4 is 10.5 Å². The molecule has 2 rings (SSSR count). The molecule has 0 aliphatic heterocycles. The predicted molar refractivity (Wildman–Crippen MR) is 86.1 cm³/mol. The van der Waals surface area contributed by atoms with Crippen molar-refractivity contribution in [2.24, 2.45) is 0 Å². The molecule has 0 spiro atoms. The third-order valence-corrected chi connectivity index (χ3v) is 3.69. The van der Waals surface area contributed by atoms with E-state index in [-0.39, 0.29) is 5.41 Å². The first-order chi connectivity index (χ1) is 9.29. The Hall–Kier alpha value is -1.38. The van der Waals surface area contributed by atoms with E-state index >= 15 is 0 Å². The minimum Gasteiger partial charge on any atom is -0.455 e. The zero-order valence-corrected chi connectivity index (χ0v) is 13.2. The van der Waals surface area contributed by atoms with Crippen LogP contribution in [0.5, 0.6) is 11.5 Å². The molecule has 2 nitrogen and oxygen atoms in total. The molecule has 0 radical (unpaired) electrons. The highest BCUT2D eigenvalue weighted by Crippen LogP contribution is 2.38. The maximum Gasteiger partial charge on any atom is 0.151 e. The zero-order chi connectivity index (χ0) is 14.9. The lowest BCUT2D eigenvalue weighted by Crippen LogP contribution is -2.12. The SMILES string of the molecule is CC(C)(C)c1ccccc1Oc1cc(Cl)c(Cl)cc1N. The minimum atomic E-state index is -0.0262. The summed E-state index contributed by atoms with van der Waals surface area (Å²) < 4.78 is 5.93. The van der Waals surface area contributed by atoms with E-state index in [4.69, 9.17) is 33.7 Å². The lowest BCUT2D eigenvalue weighted by atomic mass is 9.86. The predicted octanol–water partition coefficient (Wildman–Crippen LogP) is 5.67. The summed E-state index contributed by atoms with van der Waals surface area (Å²) in [7, 11) is 0. The Kier molecular flexibility index (Phi) is 4.17. The van der Waals surface area contributed by atoms with Crippen molar-refractivity contribution in [3.05, 3.63) is 52.0 Å². The topological polar surface area (TPSA) is 35.2 Å². The van der Waals surface area contributed by atoms with Crippen LogP contribution in [-0.4, -0.2) is 0 Å². The average molecular weight is 310 g/mol. The van der Waals surface area contributed by atoms with Crippen LogP contribution in [0.2, 0.25) is 10.0 Å². The number of halogens is 2. The van der Waals surface area contributed by atoms with Gasteiger partial charge in [0, 0.05) is 11.6 Å². The van der Waals surface area contributed by atoms with Gasteiger partial charge in [-0.2, -0.15) is 0 Å². The first kappa shape index (κ1) is 15.0. The van der Waals surface area contributed by atoms with Gasteiger partial charge < -0.3 is 10.5 Å². The van der Waals surface area contributed by atoms with Crippen molar-refractivity contribution in [3.8, 4) is 11.5 Å². The third kappa shape index (κ3) is 3.20. The van der Waals surface area contributed by atoms with Gasteiger partial charge in [-0.3, -0.25) is 0 Å². The molecule has 0 saturated heterocycles. The Morgan fingerprint density at radius 2 is 1.55 bits per heavy atom. The number of anilines is 1. The number of rotatable bonds is 2. The van der Waals surface area contributed by atoms with Gasteiger partial charge in [-0.15, -0.1) is 0 Å². The summed E-state index contributed by atoms with van der Waals surface area (Å²) >= 11 is 11.9. The summed E-state index contributed by atoms with van der Waals surface area (Å²) in [4.78, 5) is 0. The number of benzene rings is 2. The molecular weight excluding hydrogens is 293 g/mol. The lowest BCUT2D eigenvalue weighted by Gasteiger charge is -2.23. The fourth-order valence-electron chi connectivity index (χ4n) is 1.93. The minimum absolute atomic E-state index is 0.0262. The molecule has 0 saturated carbocycles. The second kappa shape index (κ2) is 5.55. The summed E-state index contributed by atoms with van der Waals surface area (Å²) in [6.45, 7) is 6.40. The van der Waals surface area contributed by atoms with Crippen molar-refractivity contribution in [1.82, 2.24) is 0 Å². The number of nitrogen functional groups attached to an aromatic ring is 1. The molecule has 0 aliphatic carbocycles. The van der Waals surface area contributed by atoms with Crippen LogP contribution in [0.4, 0.5) is 5.69 Å². The normalized spacial score (nSPS) is 11.4. The first-order valence-electron chi connectivity index (χ1n) is 6.31. The Bertz CT molecular complexity index is 633. The number of para-hydroxylation sites is 1. The molecule has 0 fully saturated rings. The fourth-order valence-corrected chi connectivity index (χ4v) is 2.25. The largest absolute Gasteiger partial charge is 0.455 e. The van der Waals surface area contributed by atoms with Gasteiger partial charge in [-0.1, -0.05) is 62.2 Å².